The molecule has 0 aliphatic heterocycles. The van der Waals surface area contributed by atoms with Gasteiger partial charge in [-0.05, 0) is 84.3 Å². The zero-order valence-electron chi connectivity index (χ0n) is 25.7. The quantitative estimate of drug-likeness (QED) is 0.441. The lowest BCUT2D eigenvalue weighted by atomic mass is 9.34. The Bertz CT molecular complexity index is 1430. The zero-order valence-corrected chi connectivity index (χ0v) is 25.7. The summed E-state index contributed by atoms with van der Waals surface area (Å²) >= 11 is 0. The van der Waals surface area contributed by atoms with Crippen molar-refractivity contribution in [3.8, 4) is 6.07 Å². The molecule has 0 aromatic carbocycles. The maximum Gasteiger partial charge on any atom is 0.181 e. The number of aryl methyl sites for hydroxylation is 1. The first kappa shape index (κ1) is 28.4. The first-order valence-electron chi connectivity index (χ1n) is 15.4. The van der Waals surface area contributed by atoms with Gasteiger partial charge in [0.15, 0.2) is 17.4 Å². The minimum atomic E-state index is -0.677. The summed E-state index contributed by atoms with van der Waals surface area (Å²) in [6.07, 6.45) is 10.1. The summed E-state index contributed by atoms with van der Waals surface area (Å²) in [4.78, 5) is 29.3. The molecule has 8 heteroatoms. The lowest BCUT2D eigenvalue weighted by molar-refractivity contribution is -0.160. The van der Waals surface area contributed by atoms with Gasteiger partial charge in [-0.2, -0.15) is 10.1 Å². The maximum absolute atomic E-state index is 14.6. The first-order chi connectivity index (χ1) is 19.1. The highest BCUT2D eigenvalue weighted by molar-refractivity contribution is 6.04. The molecule has 3 saturated carbocycles. The molecule has 0 saturated heterocycles. The van der Waals surface area contributed by atoms with Crippen LogP contribution in [0.4, 0.5) is 4.39 Å². The number of fused-ring (bicyclic) bond motifs is 7. The zero-order chi connectivity index (χ0) is 29.8. The number of allylic oxidation sites excluding steroid dienone is 4. The van der Waals surface area contributed by atoms with Crippen molar-refractivity contribution in [2.45, 2.75) is 105 Å². The molecule has 0 bridgehead atoms. The molecular formula is C33H44FN5O2. The van der Waals surface area contributed by atoms with E-state index < -0.39 is 17.5 Å². The predicted molar refractivity (Wildman–Crippen MR) is 152 cm³/mol. The molecule has 0 unspecified atom stereocenters. The molecule has 0 spiro atoms. The number of tetrazole rings is 1. The minimum Gasteiger partial charge on any atom is -0.295 e. The number of nitriles is 1. The van der Waals surface area contributed by atoms with Gasteiger partial charge in [-0.15, -0.1) is 10.2 Å². The van der Waals surface area contributed by atoms with Crippen LogP contribution in [0, 0.1) is 56.2 Å². The average Bonchev–Trinajstić information content (AvgIpc) is 3.37. The Kier molecular flexibility index (Phi) is 6.01. The van der Waals surface area contributed by atoms with Crippen LogP contribution in [0.1, 0.15) is 99.2 Å². The first-order valence-corrected chi connectivity index (χ1v) is 15.4. The van der Waals surface area contributed by atoms with Crippen molar-refractivity contribution in [2.75, 3.05) is 6.67 Å². The molecule has 5 aliphatic rings. The largest absolute Gasteiger partial charge is 0.295 e. The van der Waals surface area contributed by atoms with E-state index >= 15 is 0 Å². The van der Waals surface area contributed by atoms with Gasteiger partial charge in [0, 0.05) is 22.2 Å². The molecule has 0 N–H and O–H groups in total. The molecule has 5 aliphatic carbocycles. The number of carbonyl (C=O) groups excluding carboxylic acids is 2. The van der Waals surface area contributed by atoms with E-state index in [9.17, 15) is 19.2 Å². The fourth-order valence-electron chi connectivity index (χ4n) is 10.6. The summed E-state index contributed by atoms with van der Waals surface area (Å²) in [5.41, 5.74) is -0.748. The van der Waals surface area contributed by atoms with Gasteiger partial charge >= 0.3 is 0 Å². The average molecular weight is 562 g/mol. The van der Waals surface area contributed by atoms with E-state index in [0.717, 1.165) is 50.5 Å². The molecule has 3 fully saturated rings. The summed E-state index contributed by atoms with van der Waals surface area (Å²) in [5, 5.41) is 23.3. The molecule has 220 valence electrons. The lowest BCUT2D eigenvalue weighted by Gasteiger charge is -2.69. The maximum atomic E-state index is 14.6. The number of nitrogens with zero attached hydrogens (tertiary/aromatic N) is 5. The number of alkyl halides is 1. The van der Waals surface area contributed by atoms with Crippen LogP contribution in [-0.2, 0) is 21.5 Å². The molecule has 0 amide bonds. The predicted octanol–water partition coefficient (Wildman–Crippen LogP) is 6.11. The second kappa shape index (κ2) is 8.67. The normalized spacial score (nSPS) is 42.6. The number of ketones is 2. The van der Waals surface area contributed by atoms with Crippen molar-refractivity contribution in [3.05, 3.63) is 29.1 Å². The Morgan fingerprint density at radius 2 is 1.76 bits per heavy atom. The van der Waals surface area contributed by atoms with Crippen LogP contribution in [0.25, 0.3) is 0 Å². The highest BCUT2D eigenvalue weighted by atomic mass is 19.1. The minimum absolute atomic E-state index is 0.0258. The van der Waals surface area contributed by atoms with Gasteiger partial charge in [-0.3, -0.25) is 9.59 Å². The van der Waals surface area contributed by atoms with Gasteiger partial charge in [0.1, 0.15) is 12.7 Å². The standard InChI is InChI=1S/C33H44FN5O2/c1-28(2)10-12-33(27-36-38-39(37-27)15-14-34)13-11-32(7)25(21(33)18-28)22(40)16-24-30(5)17-20(19-35)26(41)29(3,4)23(30)8-9-31(24,32)6/h16-17,21,23,25H,8-15,18H2,1-7H3/t21-,23-,25-,30-,31+,32+,33-/m0/s1. The van der Waals surface area contributed by atoms with E-state index in [2.05, 4.69) is 51.0 Å². The van der Waals surface area contributed by atoms with Gasteiger partial charge in [0.2, 0.25) is 0 Å². The highest BCUT2D eigenvalue weighted by Gasteiger charge is 2.70. The van der Waals surface area contributed by atoms with Gasteiger partial charge in [0.25, 0.3) is 0 Å². The smallest absolute Gasteiger partial charge is 0.181 e. The molecular weight excluding hydrogens is 517 g/mol. The van der Waals surface area contributed by atoms with Crippen LogP contribution in [0.15, 0.2) is 23.3 Å². The molecule has 1 aromatic heterocycles. The topological polar surface area (TPSA) is 102 Å². The van der Waals surface area contributed by atoms with E-state index in [4.69, 9.17) is 5.10 Å². The molecule has 0 radical (unpaired) electrons. The van der Waals surface area contributed by atoms with Crippen LogP contribution in [0.2, 0.25) is 0 Å². The van der Waals surface area contributed by atoms with E-state index in [1.807, 2.05) is 26.0 Å². The summed E-state index contributed by atoms with van der Waals surface area (Å²) in [6.45, 7) is 14.9. The highest BCUT2D eigenvalue weighted by Crippen LogP contribution is 2.74. The van der Waals surface area contributed by atoms with Crippen molar-refractivity contribution in [1.29, 1.82) is 5.26 Å². The molecule has 1 aromatic rings. The SMILES string of the molecule is CC1(C)CC[C@]2(c3nnn(CCF)n3)CC[C@]3(C)[C@H](C(=O)C=C4[C@@]5(C)C=C(C#N)C(=O)C(C)(C)[C@@H]5CC[C@]43C)[C@@H]2C1. The number of aromatic nitrogens is 4. The third-order valence-electron chi connectivity index (χ3n) is 13.0. The number of hydrogen-bond acceptors (Lipinski definition) is 6. The Labute approximate surface area is 243 Å². The molecule has 41 heavy (non-hydrogen) atoms. The summed E-state index contributed by atoms with van der Waals surface area (Å²) in [7, 11) is 0. The Balaban J connectivity index is 1.51. The van der Waals surface area contributed by atoms with Crippen LogP contribution >= 0.6 is 0 Å². The van der Waals surface area contributed by atoms with Crippen LogP contribution in [0.3, 0.4) is 0 Å². The number of carbonyl (C=O) groups is 2. The fourth-order valence-corrected chi connectivity index (χ4v) is 10.6. The van der Waals surface area contributed by atoms with E-state index in [-0.39, 0.29) is 63.1 Å². The summed E-state index contributed by atoms with van der Waals surface area (Å²) in [5.74, 6) is 0.624. The summed E-state index contributed by atoms with van der Waals surface area (Å²) in [6, 6.07) is 2.19. The Hall–Kier alpha value is -2.69. The summed E-state index contributed by atoms with van der Waals surface area (Å²) < 4.78 is 13.1. The van der Waals surface area contributed by atoms with Crippen molar-refractivity contribution in [2.24, 2.45) is 44.8 Å². The van der Waals surface area contributed by atoms with E-state index in [1.165, 1.54) is 4.80 Å². The van der Waals surface area contributed by atoms with Gasteiger partial charge in [0.05, 0.1) is 12.1 Å². The van der Waals surface area contributed by atoms with Crippen molar-refractivity contribution in [3.63, 3.8) is 0 Å². The second-order valence-corrected chi connectivity index (χ2v) is 15.8. The van der Waals surface area contributed by atoms with Crippen LogP contribution in [-0.4, -0.2) is 38.4 Å². The van der Waals surface area contributed by atoms with Crippen LogP contribution in [0.5, 0.6) is 0 Å². The third kappa shape index (κ3) is 3.56. The van der Waals surface area contributed by atoms with Crippen molar-refractivity contribution < 1.29 is 14.0 Å². The van der Waals surface area contributed by atoms with E-state index in [1.54, 1.807) is 0 Å². The Morgan fingerprint density at radius 1 is 1.05 bits per heavy atom. The van der Waals surface area contributed by atoms with Gasteiger partial charge < -0.3 is 0 Å². The van der Waals surface area contributed by atoms with Gasteiger partial charge in [-0.1, -0.05) is 60.1 Å². The van der Waals surface area contributed by atoms with Crippen LogP contribution < -0.4 is 0 Å². The number of rotatable bonds is 3. The molecule has 6 rings (SSSR count). The third-order valence-corrected chi connectivity index (χ3v) is 13.0. The second-order valence-electron chi connectivity index (χ2n) is 15.8. The number of halogens is 1. The number of Topliss-reactive ketones (excluding diaryl/α,β-unsaturated/α-hetero) is 1. The fraction of sp³-hybridized carbons (Fsp3) is 0.758. The molecule has 7 atom stereocenters. The molecule has 1 heterocycles. The lowest BCUT2D eigenvalue weighted by Crippen LogP contribution is -2.65. The number of hydrogen-bond donors (Lipinski definition) is 0. The van der Waals surface area contributed by atoms with Crippen molar-refractivity contribution in [1.82, 2.24) is 20.2 Å². The van der Waals surface area contributed by atoms with Gasteiger partial charge in [-0.25, -0.2) is 4.39 Å². The van der Waals surface area contributed by atoms with Crippen molar-refractivity contribution >= 4 is 11.6 Å². The monoisotopic (exact) mass is 561 g/mol. The van der Waals surface area contributed by atoms with E-state index in [0.29, 0.717) is 5.82 Å². The molecule has 7 nitrogen and oxygen atoms in total. The Morgan fingerprint density at radius 3 is 2.44 bits per heavy atom.